The summed E-state index contributed by atoms with van der Waals surface area (Å²) >= 11 is 0. The predicted molar refractivity (Wildman–Crippen MR) is 115 cm³/mol. The molecule has 3 amide bonds. The van der Waals surface area contributed by atoms with Gasteiger partial charge in [0.05, 0.1) is 18.4 Å². The Morgan fingerprint density at radius 2 is 1.74 bits per heavy atom. The van der Waals surface area contributed by atoms with Crippen molar-refractivity contribution in [2.75, 3.05) is 5.32 Å². The zero-order valence-corrected chi connectivity index (χ0v) is 17.8. The van der Waals surface area contributed by atoms with Crippen LogP contribution >= 0.6 is 0 Å². The molecule has 4 rings (SSSR count). The van der Waals surface area contributed by atoms with Crippen LogP contribution in [0.3, 0.4) is 0 Å². The minimum atomic E-state index is -0.805. The maximum Gasteiger partial charge on any atom is 0.247 e. The summed E-state index contributed by atoms with van der Waals surface area (Å²) < 4.78 is 1.71. The molecule has 1 aliphatic carbocycles. The van der Waals surface area contributed by atoms with Crippen molar-refractivity contribution < 1.29 is 14.4 Å². The Hall–Kier alpha value is -3.29. The number of fused-ring (bicyclic) bond motifs is 1. The van der Waals surface area contributed by atoms with Crippen molar-refractivity contribution in [1.82, 2.24) is 19.7 Å². The molecule has 162 valence electrons. The average molecular weight is 422 g/mol. The summed E-state index contributed by atoms with van der Waals surface area (Å²) in [5.74, 6) is -1.29. The number of imide groups is 1. The molecule has 0 saturated carbocycles. The van der Waals surface area contributed by atoms with Crippen molar-refractivity contribution in [3.05, 3.63) is 54.6 Å². The zero-order valence-electron chi connectivity index (χ0n) is 17.8. The van der Waals surface area contributed by atoms with E-state index in [0.29, 0.717) is 31.5 Å². The number of nitrogens with one attached hydrogen (secondary N) is 1. The molecule has 1 N–H and O–H groups in total. The first-order chi connectivity index (χ1) is 14.9. The maximum atomic E-state index is 13.2. The van der Waals surface area contributed by atoms with Crippen molar-refractivity contribution >= 4 is 23.4 Å². The Morgan fingerprint density at radius 3 is 2.29 bits per heavy atom. The highest BCUT2D eigenvalue weighted by Gasteiger charge is 2.51. The largest absolute Gasteiger partial charge is 0.324 e. The van der Waals surface area contributed by atoms with Crippen LogP contribution in [0.25, 0.3) is 0 Å². The van der Waals surface area contributed by atoms with Gasteiger partial charge in [-0.2, -0.15) is 5.10 Å². The number of nitrogens with zero attached hydrogens (tertiary/aromatic N) is 4. The minimum Gasteiger partial charge on any atom is -0.324 e. The van der Waals surface area contributed by atoms with E-state index < -0.39 is 6.04 Å². The Labute approximate surface area is 181 Å². The fourth-order valence-corrected chi connectivity index (χ4v) is 4.33. The van der Waals surface area contributed by atoms with E-state index in [0.717, 1.165) is 5.56 Å². The highest BCUT2D eigenvalue weighted by Crippen LogP contribution is 2.37. The molecule has 0 unspecified atom stereocenters. The summed E-state index contributed by atoms with van der Waals surface area (Å²) in [5.41, 5.74) is 1.64. The molecule has 0 spiro atoms. The summed E-state index contributed by atoms with van der Waals surface area (Å²) in [4.78, 5) is 44.3. The SMILES string of the molecule is CC(C)C[C@H](C(=O)Nc1ccc(Cn2cncn2)cc1)N1C(=O)[C@H]2CC=CC[C@H]2C1=O. The van der Waals surface area contributed by atoms with Gasteiger partial charge in [-0.25, -0.2) is 9.67 Å². The summed E-state index contributed by atoms with van der Waals surface area (Å²) in [6.45, 7) is 4.55. The third-order valence-electron chi connectivity index (χ3n) is 5.88. The molecule has 1 saturated heterocycles. The van der Waals surface area contributed by atoms with Crippen molar-refractivity contribution in [3.8, 4) is 0 Å². The van der Waals surface area contributed by atoms with E-state index in [2.05, 4.69) is 15.4 Å². The normalized spacial score (nSPS) is 21.5. The van der Waals surface area contributed by atoms with Gasteiger partial charge < -0.3 is 5.32 Å². The summed E-state index contributed by atoms with van der Waals surface area (Å²) in [7, 11) is 0. The summed E-state index contributed by atoms with van der Waals surface area (Å²) in [6, 6.07) is 6.63. The van der Waals surface area contributed by atoms with E-state index in [4.69, 9.17) is 0 Å². The summed E-state index contributed by atoms with van der Waals surface area (Å²) in [5, 5.41) is 6.98. The molecular formula is C23H27N5O3. The number of rotatable bonds is 7. The van der Waals surface area contributed by atoms with Gasteiger partial charge in [-0.1, -0.05) is 38.1 Å². The van der Waals surface area contributed by atoms with E-state index in [1.165, 1.54) is 11.2 Å². The fourth-order valence-electron chi connectivity index (χ4n) is 4.33. The van der Waals surface area contributed by atoms with Gasteiger partial charge >= 0.3 is 0 Å². The number of anilines is 1. The van der Waals surface area contributed by atoms with Gasteiger partial charge in [-0.05, 0) is 42.9 Å². The zero-order chi connectivity index (χ0) is 22.0. The van der Waals surface area contributed by atoms with Crippen LogP contribution in [0.1, 0.15) is 38.7 Å². The summed E-state index contributed by atoms with van der Waals surface area (Å²) in [6.07, 6.45) is 8.59. The molecule has 1 aliphatic heterocycles. The number of amides is 3. The van der Waals surface area contributed by atoms with Crippen LogP contribution in [0.5, 0.6) is 0 Å². The molecular weight excluding hydrogens is 394 g/mol. The standard InChI is InChI=1S/C23H27N5O3/c1-15(2)11-20(28-22(30)18-5-3-4-6-19(18)23(28)31)21(29)26-17-9-7-16(8-10-17)12-27-14-24-13-25-27/h3-4,7-10,13-15,18-20H,5-6,11-12H2,1-2H3,(H,26,29)/t18-,19+,20-/m1/s1. The molecule has 2 heterocycles. The number of hydrogen-bond donors (Lipinski definition) is 1. The van der Waals surface area contributed by atoms with Gasteiger partial charge in [-0.3, -0.25) is 19.3 Å². The smallest absolute Gasteiger partial charge is 0.247 e. The first-order valence-corrected chi connectivity index (χ1v) is 10.7. The van der Waals surface area contributed by atoms with Crippen LogP contribution in [0, 0.1) is 17.8 Å². The van der Waals surface area contributed by atoms with Gasteiger partial charge in [-0.15, -0.1) is 0 Å². The number of carbonyl (C=O) groups excluding carboxylic acids is 3. The van der Waals surface area contributed by atoms with Crippen LogP contribution in [0.4, 0.5) is 5.69 Å². The number of aromatic nitrogens is 3. The minimum absolute atomic E-state index is 0.155. The highest BCUT2D eigenvalue weighted by atomic mass is 16.2. The predicted octanol–water partition coefficient (Wildman–Crippen LogP) is 2.63. The van der Waals surface area contributed by atoms with E-state index in [1.807, 2.05) is 50.3 Å². The van der Waals surface area contributed by atoms with E-state index >= 15 is 0 Å². The third kappa shape index (κ3) is 4.42. The van der Waals surface area contributed by atoms with Crippen LogP contribution in [0.2, 0.25) is 0 Å². The van der Waals surface area contributed by atoms with Crippen LogP contribution in [-0.2, 0) is 20.9 Å². The number of carbonyl (C=O) groups is 3. The molecule has 31 heavy (non-hydrogen) atoms. The fraction of sp³-hybridized carbons (Fsp3) is 0.435. The lowest BCUT2D eigenvalue weighted by atomic mass is 9.85. The maximum absolute atomic E-state index is 13.2. The molecule has 0 radical (unpaired) electrons. The van der Waals surface area contributed by atoms with Crippen molar-refractivity contribution in [2.24, 2.45) is 17.8 Å². The first-order valence-electron chi connectivity index (χ1n) is 10.7. The quantitative estimate of drug-likeness (QED) is 0.548. The lowest BCUT2D eigenvalue weighted by molar-refractivity contribution is -0.147. The number of allylic oxidation sites excluding steroid dienone is 2. The van der Waals surface area contributed by atoms with Gasteiger partial charge in [0, 0.05) is 5.69 Å². The van der Waals surface area contributed by atoms with E-state index in [1.54, 1.807) is 11.0 Å². The van der Waals surface area contributed by atoms with Crippen molar-refractivity contribution in [1.29, 1.82) is 0 Å². The topological polar surface area (TPSA) is 97.2 Å². The van der Waals surface area contributed by atoms with E-state index in [-0.39, 0.29) is 35.5 Å². The number of likely N-dealkylation sites (tertiary alicyclic amines) is 1. The van der Waals surface area contributed by atoms with E-state index in [9.17, 15) is 14.4 Å². The van der Waals surface area contributed by atoms with Crippen LogP contribution in [0.15, 0.2) is 49.1 Å². The second-order valence-electron chi connectivity index (χ2n) is 8.63. The Bertz CT molecular complexity index is 955. The highest BCUT2D eigenvalue weighted by molar-refractivity contribution is 6.10. The Kier molecular flexibility index (Phi) is 5.97. The number of benzene rings is 1. The third-order valence-corrected chi connectivity index (χ3v) is 5.88. The molecule has 2 aromatic rings. The Morgan fingerprint density at radius 1 is 1.10 bits per heavy atom. The van der Waals surface area contributed by atoms with Crippen LogP contribution in [-0.4, -0.2) is 43.4 Å². The molecule has 1 fully saturated rings. The lowest BCUT2D eigenvalue weighted by Crippen LogP contribution is -2.48. The van der Waals surface area contributed by atoms with Gasteiger partial charge in [0.1, 0.15) is 18.7 Å². The van der Waals surface area contributed by atoms with Crippen molar-refractivity contribution in [2.45, 2.75) is 45.7 Å². The molecule has 1 aromatic carbocycles. The molecule has 8 heteroatoms. The average Bonchev–Trinajstić information content (AvgIpc) is 3.35. The second-order valence-corrected chi connectivity index (χ2v) is 8.63. The van der Waals surface area contributed by atoms with Gasteiger partial charge in [0.25, 0.3) is 0 Å². The lowest BCUT2D eigenvalue weighted by Gasteiger charge is -2.27. The van der Waals surface area contributed by atoms with Crippen LogP contribution < -0.4 is 5.32 Å². The van der Waals surface area contributed by atoms with Crippen molar-refractivity contribution in [3.63, 3.8) is 0 Å². The monoisotopic (exact) mass is 421 g/mol. The van der Waals surface area contributed by atoms with Gasteiger partial charge in [0.2, 0.25) is 17.7 Å². The number of hydrogen-bond acceptors (Lipinski definition) is 5. The van der Waals surface area contributed by atoms with Gasteiger partial charge in [0.15, 0.2) is 0 Å². The molecule has 0 bridgehead atoms. The molecule has 2 aliphatic rings. The molecule has 8 nitrogen and oxygen atoms in total. The first kappa shape index (κ1) is 21.0. The Balaban J connectivity index is 1.48. The molecule has 1 aromatic heterocycles. The molecule has 3 atom stereocenters. The second kappa shape index (κ2) is 8.83.